The molecule has 5 nitrogen and oxygen atoms in total. The minimum atomic E-state index is -0.928. The summed E-state index contributed by atoms with van der Waals surface area (Å²) in [6.45, 7) is 3.16. The molecule has 0 saturated carbocycles. The van der Waals surface area contributed by atoms with E-state index in [4.69, 9.17) is 21.1 Å². The van der Waals surface area contributed by atoms with Crippen LogP contribution in [-0.2, 0) is 14.3 Å². The van der Waals surface area contributed by atoms with E-state index in [0.717, 1.165) is 0 Å². The Morgan fingerprint density at radius 1 is 1.40 bits per heavy atom. The summed E-state index contributed by atoms with van der Waals surface area (Å²) in [7, 11) is 1.48. The standard InChI is InChI=1S/C14H16ClNO4/c1-4-5-13(17)20-9(2)14(18)16-11-8-10(15)6-7-12(11)19-3/h4-9H,1-3H3,(H,16,18)/b5-4+. The molecule has 0 aromatic heterocycles. The Morgan fingerprint density at radius 2 is 2.10 bits per heavy atom. The van der Waals surface area contributed by atoms with Gasteiger partial charge in [-0.2, -0.15) is 0 Å². The molecule has 1 rings (SSSR count). The molecule has 1 unspecified atom stereocenters. The molecule has 0 aliphatic carbocycles. The van der Waals surface area contributed by atoms with E-state index in [1.807, 2.05) is 0 Å². The number of halogens is 1. The van der Waals surface area contributed by atoms with Crippen LogP contribution in [0.25, 0.3) is 0 Å². The normalized spacial score (nSPS) is 12.0. The Bertz CT molecular complexity index is 528. The number of allylic oxidation sites excluding steroid dienone is 1. The highest BCUT2D eigenvalue weighted by Gasteiger charge is 2.18. The molecule has 1 aromatic rings. The van der Waals surface area contributed by atoms with E-state index in [-0.39, 0.29) is 0 Å². The number of benzene rings is 1. The van der Waals surface area contributed by atoms with Crippen LogP contribution in [0.2, 0.25) is 5.02 Å². The summed E-state index contributed by atoms with van der Waals surface area (Å²) in [4.78, 5) is 23.2. The van der Waals surface area contributed by atoms with E-state index >= 15 is 0 Å². The predicted molar refractivity (Wildman–Crippen MR) is 77.0 cm³/mol. The molecule has 1 aromatic carbocycles. The Labute approximate surface area is 122 Å². The second kappa shape index (κ2) is 7.55. The molecule has 20 heavy (non-hydrogen) atoms. The summed E-state index contributed by atoms with van der Waals surface area (Å²) in [5.74, 6) is -0.577. The van der Waals surface area contributed by atoms with E-state index in [1.165, 1.54) is 26.2 Å². The summed E-state index contributed by atoms with van der Waals surface area (Å²) >= 11 is 5.86. The van der Waals surface area contributed by atoms with E-state index in [2.05, 4.69) is 5.32 Å². The Balaban J connectivity index is 2.75. The van der Waals surface area contributed by atoms with Gasteiger partial charge in [0.1, 0.15) is 5.75 Å². The van der Waals surface area contributed by atoms with Crippen LogP contribution in [0.4, 0.5) is 5.69 Å². The fraction of sp³-hybridized carbons (Fsp3) is 0.286. The number of ether oxygens (including phenoxy) is 2. The monoisotopic (exact) mass is 297 g/mol. The molecule has 0 spiro atoms. The number of anilines is 1. The summed E-state index contributed by atoms with van der Waals surface area (Å²) in [6.07, 6.45) is 1.85. The fourth-order valence-electron chi connectivity index (χ4n) is 1.42. The summed E-state index contributed by atoms with van der Waals surface area (Å²) in [5, 5.41) is 3.06. The predicted octanol–water partition coefficient (Wildman–Crippen LogP) is 2.79. The minimum absolute atomic E-state index is 0.416. The number of rotatable bonds is 5. The van der Waals surface area contributed by atoms with Gasteiger partial charge in [0.05, 0.1) is 12.8 Å². The van der Waals surface area contributed by atoms with Crippen molar-refractivity contribution in [2.24, 2.45) is 0 Å². The maximum atomic E-state index is 11.9. The molecule has 0 fully saturated rings. The molecule has 6 heteroatoms. The number of hydrogen-bond acceptors (Lipinski definition) is 4. The molecular formula is C14H16ClNO4. The van der Waals surface area contributed by atoms with Crippen molar-refractivity contribution in [3.63, 3.8) is 0 Å². The molecular weight excluding hydrogens is 282 g/mol. The smallest absolute Gasteiger partial charge is 0.331 e. The third-order valence-electron chi connectivity index (χ3n) is 2.38. The highest BCUT2D eigenvalue weighted by Crippen LogP contribution is 2.27. The van der Waals surface area contributed by atoms with E-state index in [9.17, 15) is 9.59 Å². The van der Waals surface area contributed by atoms with Crippen LogP contribution in [-0.4, -0.2) is 25.1 Å². The number of carbonyl (C=O) groups is 2. The average molecular weight is 298 g/mol. The van der Waals surface area contributed by atoms with Gasteiger partial charge >= 0.3 is 5.97 Å². The van der Waals surface area contributed by atoms with Crippen LogP contribution in [0.15, 0.2) is 30.4 Å². The first kappa shape index (κ1) is 16.0. The molecule has 0 heterocycles. The van der Waals surface area contributed by atoms with E-state index in [1.54, 1.807) is 25.1 Å². The number of nitrogens with one attached hydrogen (secondary N) is 1. The number of esters is 1. The van der Waals surface area contributed by atoms with Crippen LogP contribution < -0.4 is 10.1 Å². The van der Waals surface area contributed by atoms with Crippen LogP contribution >= 0.6 is 11.6 Å². The van der Waals surface area contributed by atoms with Gasteiger partial charge in [-0.25, -0.2) is 4.79 Å². The van der Waals surface area contributed by atoms with Gasteiger partial charge in [0, 0.05) is 11.1 Å². The van der Waals surface area contributed by atoms with Gasteiger partial charge in [-0.3, -0.25) is 4.79 Å². The zero-order valence-electron chi connectivity index (χ0n) is 11.5. The summed E-state index contributed by atoms with van der Waals surface area (Å²) in [5.41, 5.74) is 0.416. The van der Waals surface area contributed by atoms with Crippen LogP contribution in [0.5, 0.6) is 5.75 Å². The van der Waals surface area contributed by atoms with Crippen molar-refractivity contribution in [3.8, 4) is 5.75 Å². The average Bonchev–Trinajstić information content (AvgIpc) is 2.39. The van der Waals surface area contributed by atoms with Crippen molar-refractivity contribution < 1.29 is 19.1 Å². The Kier molecular flexibility index (Phi) is 6.06. The molecule has 0 aliphatic heterocycles. The number of carbonyl (C=O) groups excluding carboxylic acids is 2. The van der Waals surface area contributed by atoms with Gasteiger partial charge in [-0.05, 0) is 32.0 Å². The molecule has 0 saturated heterocycles. The summed E-state index contributed by atoms with van der Waals surface area (Å²) < 4.78 is 10.0. The molecule has 1 atom stereocenters. The zero-order chi connectivity index (χ0) is 15.1. The molecule has 108 valence electrons. The lowest BCUT2D eigenvalue weighted by molar-refractivity contribution is -0.148. The first-order valence-corrected chi connectivity index (χ1v) is 6.33. The number of amides is 1. The third kappa shape index (κ3) is 4.59. The third-order valence-corrected chi connectivity index (χ3v) is 2.62. The number of hydrogen-bond donors (Lipinski definition) is 1. The van der Waals surface area contributed by atoms with Crippen LogP contribution in [0.1, 0.15) is 13.8 Å². The number of methoxy groups -OCH3 is 1. The summed E-state index contributed by atoms with van der Waals surface area (Å²) in [6, 6.07) is 4.83. The molecule has 0 bridgehead atoms. The van der Waals surface area contributed by atoms with Crippen molar-refractivity contribution in [2.45, 2.75) is 20.0 Å². The molecule has 1 N–H and O–H groups in total. The molecule has 0 radical (unpaired) electrons. The van der Waals surface area contributed by atoms with Crippen molar-refractivity contribution in [2.75, 3.05) is 12.4 Å². The Morgan fingerprint density at radius 3 is 2.70 bits per heavy atom. The minimum Gasteiger partial charge on any atom is -0.495 e. The Hall–Kier alpha value is -2.01. The lowest BCUT2D eigenvalue weighted by Crippen LogP contribution is -2.29. The lowest BCUT2D eigenvalue weighted by atomic mass is 10.2. The van der Waals surface area contributed by atoms with Crippen LogP contribution in [0, 0.1) is 0 Å². The molecule has 1 amide bonds. The van der Waals surface area contributed by atoms with E-state index in [0.29, 0.717) is 16.5 Å². The topological polar surface area (TPSA) is 64.6 Å². The van der Waals surface area contributed by atoms with E-state index < -0.39 is 18.0 Å². The zero-order valence-corrected chi connectivity index (χ0v) is 12.2. The first-order chi connectivity index (χ1) is 9.47. The highest BCUT2D eigenvalue weighted by atomic mass is 35.5. The highest BCUT2D eigenvalue weighted by molar-refractivity contribution is 6.31. The second-order valence-electron chi connectivity index (χ2n) is 3.91. The van der Waals surface area contributed by atoms with Crippen molar-refractivity contribution in [1.29, 1.82) is 0 Å². The van der Waals surface area contributed by atoms with Crippen molar-refractivity contribution >= 4 is 29.2 Å². The van der Waals surface area contributed by atoms with Gasteiger partial charge in [-0.1, -0.05) is 17.7 Å². The maximum Gasteiger partial charge on any atom is 0.331 e. The fourth-order valence-corrected chi connectivity index (χ4v) is 1.59. The first-order valence-electron chi connectivity index (χ1n) is 5.95. The van der Waals surface area contributed by atoms with Crippen molar-refractivity contribution in [3.05, 3.63) is 35.4 Å². The largest absolute Gasteiger partial charge is 0.495 e. The van der Waals surface area contributed by atoms with Gasteiger partial charge in [-0.15, -0.1) is 0 Å². The maximum absolute atomic E-state index is 11.9. The van der Waals surface area contributed by atoms with Gasteiger partial charge in [0.25, 0.3) is 5.91 Å². The second-order valence-corrected chi connectivity index (χ2v) is 4.35. The molecule has 0 aliphatic rings. The van der Waals surface area contributed by atoms with Gasteiger partial charge in [0.15, 0.2) is 6.10 Å². The van der Waals surface area contributed by atoms with Crippen molar-refractivity contribution in [1.82, 2.24) is 0 Å². The SMILES string of the molecule is C/C=C/C(=O)OC(C)C(=O)Nc1cc(Cl)ccc1OC. The van der Waals surface area contributed by atoms with Gasteiger partial charge < -0.3 is 14.8 Å². The van der Waals surface area contributed by atoms with Crippen LogP contribution in [0.3, 0.4) is 0 Å². The quantitative estimate of drug-likeness (QED) is 0.670. The lowest BCUT2D eigenvalue weighted by Gasteiger charge is -2.14. The van der Waals surface area contributed by atoms with Gasteiger partial charge in [0.2, 0.25) is 0 Å².